The lowest BCUT2D eigenvalue weighted by molar-refractivity contribution is 1.18. The molecular weight excluding hydrogens is 1560 g/mol. The molecule has 4 heterocycles. The van der Waals surface area contributed by atoms with E-state index in [2.05, 4.69) is 504 Å². The minimum Gasteiger partial charge on any atom is -0.310 e. The standard InChI is InChI=1S/2C60H40N2S/c1-4-15-41(16-5-1)43-27-29-44(30-28-43)46-33-37-49(38-34-46)61(48-35-31-45(32-36-48)42-17-6-2-7-18-42)56-40-57-53(50-21-10-12-24-55(50)62(57)47-19-8-3-9-20-47)39-54(56)51-23-14-26-59-60(51)52-22-11-13-25-58(52)63-59;1-4-14-41(15-5-1)43-24-26-44(27-25-43)46-30-35-50(36-31-46)61(49-33-28-45(29-34-49)42-16-6-2-7-17-42)57-40-58-54(51-20-10-12-22-56(51)62(58)48-18-8-3-9-19-48)39-53(57)47-32-37-60-55(38-47)52-21-11-13-23-59(52)63-60/h2*1-40H. The predicted molar refractivity (Wildman–Crippen MR) is 540 cm³/mol. The molecule has 0 spiro atoms. The van der Waals surface area contributed by atoms with Crippen LogP contribution in [0.4, 0.5) is 34.1 Å². The van der Waals surface area contributed by atoms with Crippen LogP contribution in [0.25, 0.3) is 184 Å². The molecule has 24 aromatic rings. The fraction of sp³-hybridized carbons (Fsp3) is 0. The van der Waals surface area contributed by atoms with E-state index in [9.17, 15) is 0 Å². The number of rotatable bonds is 16. The van der Waals surface area contributed by atoms with Gasteiger partial charge in [-0.3, -0.25) is 0 Å². The summed E-state index contributed by atoms with van der Waals surface area (Å²) >= 11 is 3.73. The molecule has 126 heavy (non-hydrogen) atoms. The average molecular weight is 1640 g/mol. The molecule has 24 rings (SSSR count). The van der Waals surface area contributed by atoms with Gasteiger partial charge in [0.25, 0.3) is 0 Å². The molecule has 6 heteroatoms. The Morgan fingerprint density at radius 3 is 0.849 bits per heavy atom. The van der Waals surface area contributed by atoms with Crippen molar-refractivity contribution in [2.24, 2.45) is 0 Å². The highest BCUT2D eigenvalue weighted by atomic mass is 32.1. The molecule has 0 aliphatic carbocycles. The molecule has 0 saturated heterocycles. The Balaban J connectivity index is 0.000000145. The first kappa shape index (κ1) is 75.0. The van der Waals surface area contributed by atoms with Crippen LogP contribution in [0, 0.1) is 0 Å². The van der Waals surface area contributed by atoms with Crippen molar-refractivity contribution >= 4 is 141 Å². The van der Waals surface area contributed by atoms with Crippen molar-refractivity contribution in [3.8, 4) is 100 Å². The maximum atomic E-state index is 2.46. The van der Waals surface area contributed by atoms with Gasteiger partial charge in [0.1, 0.15) is 0 Å². The van der Waals surface area contributed by atoms with E-state index >= 15 is 0 Å². The summed E-state index contributed by atoms with van der Waals surface area (Å²) in [7, 11) is 0. The zero-order chi connectivity index (χ0) is 83.4. The van der Waals surface area contributed by atoms with E-state index in [-0.39, 0.29) is 0 Å². The van der Waals surface area contributed by atoms with Gasteiger partial charge in [-0.25, -0.2) is 0 Å². The maximum Gasteiger partial charge on any atom is 0.0562 e. The molecule has 0 bridgehead atoms. The summed E-state index contributed by atoms with van der Waals surface area (Å²) in [5, 5.41) is 10.1. The van der Waals surface area contributed by atoms with E-state index < -0.39 is 0 Å². The fourth-order valence-electron chi connectivity index (χ4n) is 18.7. The first-order valence-corrected chi connectivity index (χ1v) is 44.6. The molecule has 0 aliphatic heterocycles. The topological polar surface area (TPSA) is 16.3 Å². The molecule has 0 amide bonds. The lowest BCUT2D eigenvalue weighted by Crippen LogP contribution is -2.11. The van der Waals surface area contributed by atoms with E-state index in [0.29, 0.717) is 0 Å². The summed E-state index contributed by atoms with van der Waals surface area (Å²) in [5.74, 6) is 0. The van der Waals surface area contributed by atoms with Crippen LogP contribution >= 0.6 is 22.7 Å². The normalized spacial score (nSPS) is 11.5. The lowest BCUT2D eigenvalue weighted by atomic mass is 9.94. The highest BCUT2D eigenvalue weighted by molar-refractivity contribution is 7.26. The van der Waals surface area contributed by atoms with Gasteiger partial charge < -0.3 is 18.9 Å². The summed E-state index contributed by atoms with van der Waals surface area (Å²) < 4.78 is 10.0. The first-order chi connectivity index (χ1) is 62.5. The maximum absolute atomic E-state index is 2.46. The number of hydrogen-bond donors (Lipinski definition) is 0. The molecule has 0 unspecified atom stereocenters. The van der Waals surface area contributed by atoms with Gasteiger partial charge in [-0.1, -0.05) is 346 Å². The number of para-hydroxylation sites is 4. The quantitative estimate of drug-likeness (QED) is 0.0959. The lowest BCUT2D eigenvalue weighted by Gasteiger charge is -2.29. The summed E-state index contributed by atoms with van der Waals surface area (Å²) in [5.41, 5.74) is 32.6. The highest BCUT2D eigenvalue weighted by Gasteiger charge is 2.27. The molecule has 0 aliphatic rings. The monoisotopic (exact) mass is 1640 g/mol. The second-order valence-electron chi connectivity index (χ2n) is 32.2. The smallest absolute Gasteiger partial charge is 0.0562 e. The highest BCUT2D eigenvalue weighted by Crippen LogP contribution is 2.52. The third-order valence-electron chi connectivity index (χ3n) is 24.8. The number of benzene rings is 20. The van der Waals surface area contributed by atoms with Crippen molar-refractivity contribution in [3.63, 3.8) is 0 Å². The van der Waals surface area contributed by atoms with E-state index in [1.54, 1.807) is 0 Å². The Morgan fingerprint density at radius 2 is 0.444 bits per heavy atom. The Morgan fingerprint density at radius 1 is 0.159 bits per heavy atom. The summed E-state index contributed by atoms with van der Waals surface area (Å²) in [6.45, 7) is 0. The van der Waals surface area contributed by atoms with Crippen molar-refractivity contribution in [1.82, 2.24) is 9.13 Å². The first-order valence-electron chi connectivity index (χ1n) is 43.0. The zero-order valence-corrected chi connectivity index (χ0v) is 70.4. The van der Waals surface area contributed by atoms with Gasteiger partial charge in [0.15, 0.2) is 0 Å². The molecule has 0 N–H and O–H groups in total. The van der Waals surface area contributed by atoms with Gasteiger partial charge >= 0.3 is 0 Å². The van der Waals surface area contributed by atoms with Gasteiger partial charge in [0.2, 0.25) is 0 Å². The molecule has 4 nitrogen and oxygen atoms in total. The van der Waals surface area contributed by atoms with Crippen molar-refractivity contribution in [2.75, 3.05) is 9.80 Å². The molecule has 0 atom stereocenters. The Labute approximate surface area is 739 Å². The molecular formula is C120H80N4S2. The van der Waals surface area contributed by atoms with Crippen LogP contribution in [0.15, 0.2) is 485 Å². The van der Waals surface area contributed by atoms with Crippen LogP contribution in [0.1, 0.15) is 0 Å². The van der Waals surface area contributed by atoms with Crippen LogP contribution in [0.5, 0.6) is 0 Å². The molecule has 0 radical (unpaired) electrons. The van der Waals surface area contributed by atoms with Crippen molar-refractivity contribution in [3.05, 3.63) is 485 Å². The predicted octanol–water partition coefficient (Wildman–Crippen LogP) is 34.6. The summed E-state index contributed by atoms with van der Waals surface area (Å²) in [6, 6.07) is 177. The number of thiophene rings is 2. The number of nitrogens with zero attached hydrogens (tertiary/aromatic N) is 4. The molecule has 0 fully saturated rings. The third kappa shape index (κ3) is 13.8. The van der Waals surface area contributed by atoms with E-state index in [1.165, 1.54) is 162 Å². The van der Waals surface area contributed by atoms with Gasteiger partial charge in [-0.15, -0.1) is 22.7 Å². The Bertz CT molecular complexity index is 8110. The largest absolute Gasteiger partial charge is 0.310 e. The fourth-order valence-corrected chi connectivity index (χ4v) is 20.9. The Hall–Kier alpha value is -16.0. The molecule has 4 aromatic heterocycles. The third-order valence-corrected chi connectivity index (χ3v) is 27.1. The molecule has 0 saturated carbocycles. The van der Waals surface area contributed by atoms with Crippen molar-refractivity contribution in [1.29, 1.82) is 0 Å². The minimum atomic E-state index is 1.08. The molecule has 592 valence electrons. The number of aromatic nitrogens is 2. The van der Waals surface area contributed by atoms with Gasteiger partial charge in [0.05, 0.1) is 33.4 Å². The van der Waals surface area contributed by atoms with Gasteiger partial charge in [-0.05, 0) is 217 Å². The van der Waals surface area contributed by atoms with Crippen molar-refractivity contribution < 1.29 is 0 Å². The van der Waals surface area contributed by atoms with Crippen LogP contribution in [0.2, 0.25) is 0 Å². The van der Waals surface area contributed by atoms with Crippen LogP contribution in [0.3, 0.4) is 0 Å². The van der Waals surface area contributed by atoms with Gasteiger partial charge in [0, 0.05) is 107 Å². The minimum absolute atomic E-state index is 1.08. The number of hydrogen-bond acceptors (Lipinski definition) is 4. The van der Waals surface area contributed by atoms with Crippen molar-refractivity contribution in [2.45, 2.75) is 0 Å². The van der Waals surface area contributed by atoms with E-state index in [4.69, 9.17) is 0 Å². The van der Waals surface area contributed by atoms with Gasteiger partial charge in [-0.2, -0.15) is 0 Å². The van der Waals surface area contributed by atoms with Crippen LogP contribution < -0.4 is 9.80 Å². The Kier molecular flexibility index (Phi) is 19.3. The summed E-state index contributed by atoms with van der Waals surface area (Å²) in [6.07, 6.45) is 0. The van der Waals surface area contributed by atoms with E-state index in [1.807, 2.05) is 22.7 Å². The van der Waals surface area contributed by atoms with Crippen LogP contribution in [-0.4, -0.2) is 9.13 Å². The number of fused-ring (bicyclic) bond motifs is 12. The van der Waals surface area contributed by atoms with E-state index in [0.717, 1.165) is 56.5 Å². The zero-order valence-electron chi connectivity index (χ0n) is 68.8. The second kappa shape index (κ2) is 32.5. The average Bonchev–Trinajstić information content (AvgIpc) is 1.55. The SMILES string of the molecule is c1ccc(-c2ccc(-c3ccc(N(c4ccc(-c5ccccc5)cc4)c4cc5c(cc4-c4ccc6sc7ccccc7c6c4)c4ccccc4n5-c4ccccc4)cc3)cc2)cc1.c1ccc(-c2ccc(-c3ccc(N(c4ccc(-c5ccccc5)cc4)c4cc5c(cc4-c4cccc6sc7ccccc7c46)c4ccccc4n5-c4ccccc4)cc3)cc2)cc1. The van der Waals surface area contributed by atoms with Crippen LogP contribution in [-0.2, 0) is 0 Å². The molecule has 20 aromatic carbocycles. The summed E-state index contributed by atoms with van der Waals surface area (Å²) in [4.78, 5) is 4.92. The second-order valence-corrected chi connectivity index (χ2v) is 34.4. The number of anilines is 6.